The van der Waals surface area contributed by atoms with E-state index in [4.69, 9.17) is 9.73 Å². The zero-order valence-corrected chi connectivity index (χ0v) is 20.7. The molecule has 0 spiro atoms. The van der Waals surface area contributed by atoms with E-state index in [9.17, 15) is 26.3 Å². The molecule has 2 nitrogen and oxygen atoms in total. The minimum atomic E-state index is -4.50. The average Bonchev–Trinajstić information content (AvgIpc) is 3.30. The lowest BCUT2D eigenvalue weighted by Gasteiger charge is -2.23. The highest BCUT2D eigenvalue weighted by Crippen LogP contribution is 2.38. The third-order valence-electron chi connectivity index (χ3n) is 5.93. The molecule has 0 amide bonds. The van der Waals surface area contributed by atoms with Gasteiger partial charge in [-0.3, -0.25) is 0 Å². The van der Waals surface area contributed by atoms with E-state index < -0.39 is 31.4 Å². The van der Waals surface area contributed by atoms with Crippen molar-refractivity contribution in [1.82, 2.24) is 0 Å². The lowest BCUT2D eigenvalue weighted by molar-refractivity contribution is -0.138. The first-order valence-corrected chi connectivity index (χ1v) is 12.5. The summed E-state index contributed by atoms with van der Waals surface area (Å²) in [5.74, 6) is 0.428. The zero-order chi connectivity index (χ0) is 26.3. The Kier molecular flexibility index (Phi) is 6.95. The summed E-state index contributed by atoms with van der Waals surface area (Å²) < 4.78 is 85.1. The van der Waals surface area contributed by atoms with Crippen LogP contribution in [0.3, 0.4) is 0 Å². The van der Waals surface area contributed by atoms with Crippen molar-refractivity contribution in [3.05, 3.63) is 89.5 Å². The molecule has 1 heterocycles. The summed E-state index contributed by atoms with van der Waals surface area (Å²) in [6.07, 6.45) is -9.00. The fourth-order valence-electron chi connectivity index (χ4n) is 3.84. The molecule has 3 aromatic carbocycles. The molecular formula is C27H24F6NOP. The van der Waals surface area contributed by atoms with Gasteiger partial charge in [0.05, 0.1) is 17.2 Å². The molecule has 0 bridgehead atoms. The summed E-state index contributed by atoms with van der Waals surface area (Å²) in [6, 6.07) is 16.7. The van der Waals surface area contributed by atoms with Crippen LogP contribution in [0.15, 0.2) is 77.8 Å². The molecule has 4 rings (SSSR count). The van der Waals surface area contributed by atoms with Gasteiger partial charge in [0.2, 0.25) is 5.90 Å². The van der Waals surface area contributed by atoms with Gasteiger partial charge in [-0.15, -0.1) is 0 Å². The van der Waals surface area contributed by atoms with Gasteiger partial charge in [0, 0.05) is 5.56 Å². The Balaban J connectivity index is 1.85. The van der Waals surface area contributed by atoms with Crippen LogP contribution in [0, 0.1) is 5.41 Å². The van der Waals surface area contributed by atoms with E-state index in [1.54, 1.807) is 6.07 Å². The van der Waals surface area contributed by atoms with Gasteiger partial charge >= 0.3 is 12.4 Å². The van der Waals surface area contributed by atoms with E-state index in [1.807, 2.05) is 18.2 Å². The third kappa shape index (κ3) is 5.59. The molecule has 0 fully saturated rings. The van der Waals surface area contributed by atoms with Crippen LogP contribution in [0.5, 0.6) is 0 Å². The van der Waals surface area contributed by atoms with Crippen molar-refractivity contribution in [2.75, 3.05) is 6.61 Å². The number of nitrogens with zero attached hydrogens (tertiary/aromatic N) is 1. The molecule has 0 unspecified atom stereocenters. The van der Waals surface area contributed by atoms with Gasteiger partial charge in [-0.25, -0.2) is 4.99 Å². The first-order valence-electron chi connectivity index (χ1n) is 11.2. The van der Waals surface area contributed by atoms with Gasteiger partial charge < -0.3 is 4.74 Å². The van der Waals surface area contributed by atoms with Crippen molar-refractivity contribution in [3.8, 4) is 0 Å². The number of halogens is 6. The van der Waals surface area contributed by atoms with Gasteiger partial charge in [-0.1, -0.05) is 63.2 Å². The number of ether oxygens (including phenoxy) is 1. The van der Waals surface area contributed by atoms with Crippen LogP contribution in [0.2, 0.25) is 0 Å². The van der Waals surface area contributed by atoms with Crippen molar-refractivity contribution in [2.45, 2.75) is 39.2 Å². The fraction of sp³-hybridized carbons (Fsp3) is 0.296. The molecule has 0 aromatic heterocycles. The Morgan fingerprint density at radius 3 is 1.61 bits per heavy atom. The normalized spacial score (nSPS) is 16.7. The highest BCUT2D eigenvalue weighted by molar-refractivity contribution is 7.80. The molecule has 0 N–H and O–H groups in total. The smallest absolute Gasteiger partial charge is 0.416 e. The average molecular weight is 523 g/mol. The summed E-state index contributed by atoms with van der Waals surface area (Å²) in [5.41, 5.74) is -1.05. The second-order valence-corrected chi connectivity index (χ2v) is 11.8. The van der Waals surface area contributed by atoms with E-state index in [1.165, 1.54) is 24.3 Å². The molecule has 3 aromatic rings. The van der Waals surface area contributed by atoms with Crippen molar-refractivity contribution >= 4 is 29.7 Å². The number of rotatable bonds is 4. The second-order valence-electron chi connectivity index (χ2n) is 9.57. The highest BCUT2D eigenvalue weighted by atomic mass is 31.1. The summed E-state index contributed by atoms with van der Waals surface area (Å²) in [4.78, 5) is 4.76. The maximum absolute atomic E-state index is 13.2. The minimum absolute atomic E-state index is 0.0797. The molecule has 0 radical (unpaired) electrons. The standard InChI is InChI=1S/C27H24F6NOP/c1-25(2,3)23-16-35-24(34-23)21-6-4-5-7-22(21)36(19-12-8-17(9-13-19)26(28,29)30)20-14-10-18(11-15-20)27(31,32)33/h4-15,23H,16H2,1-3H3/t23-/m1/s1. The van der Waals surface area contributed by atoms with Gasteiger partial charge in [-0.2, -0.15) is 26.3 Å². The van der Waals surface area contributed by atoms with Crippen LogP contribution in [-0.2, 0) is 17.1 Å². The third-order valence-corrected chi connectivity index (χ3v) is 8.43. The Hall–Kier alpha value is -2.86. The van der Waals surface area contributed by atoms with Gasteiger partial charge in [0.1, 0.15) is 6.61 Å². The number of alkyl halides is 6. The number of benzene rings is 3. The molecule has 0 saturated carbocycles. The summed E-state index contributed by atoms with van der Waals surface area (Å²) in [5, 5.41) is 1.87. The van der Waals surface area contributed by atoms with Gasteiger partial charge in [0.25, 0.3) is 0 Å². The van der Waals surface area contributed by atoms with Crippen molar-refractivity contribution in [2.24, 2.45) is 10.4 Å². The van der Waals surface area contributed by atoms with E-state index in [0.717, 1.165) is 29.6 Å². The lowest BCUT2D eigenvalue weighted by Crippen LogP contribution is -2.26. The van der Waals surface area contributed by atoms with E-state index in [0.29, 0.717) is 28.7 Å². The SMILES string of the molecule is CC(C)(C)[C@H]1COC(c2ccccc2P(c2ccc(C(F)(F)F)cc2)c2ccc(C(F)(F)F)cc2)=N1. The van der Waals surface area contributed by atoms with Crippen molar-refractivity contribution in [3.63, 3.8) is 0 Å². The Morgan fingerprint density at radius 2 is 1.19 bits per heavy atom. The van der Waals surface area contributed by atoms with Crippen LogP contribution in [0.1, 0.15) is 37.5 Å². The quantitative estimate of drug-likeness (QED) is 0.276. The van der Waals surface area contributed by atoms with Gasteiger partial charge in [0.15, 0.2) is 0 Å². The largest absolute Gasteiger partial charge is 0.475 e. The molecule has 0 saturated heterocycles. The first kappa shape index (κ1) is 26.2. The Bertz CT molecular complexity index is 1180. The van der Waals surface area contributed by atoms with Crippen molar-refractivity contribution in [1.29, 1.82) is 0 Å². The fourth-order valence-corrected chi connectivity index (χ4v) is 6.24. The van der Waals surface area contributed by atoms with Crippen LogP contribution >= 0.6 is 7.92 Å². The van der Waals surface area contributed by atoms with Gasteiger partial charge in [-0.05, 0) is 59.6 Å². The Labute approximate surface area is 206 Å². The van der Waals surface area contributed by atoms with Crippen LogP contribution in [-0.4, -0.2) is 18.5 Å². The second kappa shape index (κ2) is 9.55. The molecule has 9 heteroatoms. The Morgan fingerprint density at radius 1 is 0.722 bits per heavy atom. The molecule has 1 atom stereocenters. The molecule has 1 aliphatic rings. The monoisotopic (exact) mass is 523 g/mol. The van der Waals surface area contributed by atoms with E-state index in [2.05, 4.69) is 20.8 Å². The predicted molar refractivity (Wildman–Crippen MR) is 131 cm³/mol. The first-order chi connectivity index (χ1) is 16.7. The summed E-state index contributed by atoms with van der Waals surface area (Å²) >= 11 is 0. The number of hydrogen-bond donors (Lipinski definition) is 0. The highest BCUT2D eigenvalue weighted by Gasteiger charge is 2.34. The lowest BCUT2D eigenvalue weighted by atomic mass is 9.88. The maximum Gasteiger partial charge on any atom is 0.416 e. The van der Waals surface area contributed by atoms with Crippen LogP contribution in [0.4, 0.5) is 26.3 Å². The molecule has 36 heavy (non-hydrogen) atoms. The van der Waals surface area contributed by atoms with Crippen molar-refractivity contribution < 1.29 is 31.1 Å². The molecule has 0 aliphatic carbocycles. The molecular weight excluding hydrogens is 499 g/mol. The van der Waals surface area contributed by atoms with E-state index >= 15 is 0 Å². The summed E-state index contributed by atoms with van der Waals surface area (Å²) in [6.45, 7) is 6.55. The van der Waals surface area contributed by atoms with E-state index in [-0.39, 0.29) is 11.5 Å². The number of hydrogen-bond acceptors (Lipinski definition) is 2. The number of aliphatic imine (C=N–C) groups is 1. The molecule has 1 aliphatic heterocycles. The predicted octanol–water partition coefficient (Wildman–Crippen LogP) is 6.67. The molecule has 190 valence electrons. The zero-order valence-electron chi connectivity index (χ0n) is 19.8. The maximum atomic E-state index is 13.2. The minimum Gasteiger partial charge on any atom is -0.475 e. The topological polar surface area (TPSA) is 21.6 Å². The van der Waals surface area contributed by atoms with Crippen LogP contribution in [0.25, 0.3) is 0 Å². The van der Waals surface area contributed by atoms with Crippen LogP contribution < -0.4 is 15.9 Å². The summed E-state index contributed by atoms with van der Waals surface area (Å²) in [7, 11) is -1.52.